The van der Waals surface area contributed by atoms with E-state index in [1.54, 1.807) is 6.92 Å². The average molecular weight is 185 g/mol. The van der Waals surface area contributed by atoms with Crippen LogP contribution in [0.15, 0.2) is 12.1 Å². The van der Waals surface area contributed by atoms with Crippen LogP contribution in [0.2, 0.25) is 0 Å². The highest BCUT2D eigenvalue weighted by Gasteiger charge is 2.15. The first-order valence-corrected chi connectivity index (χ1v) is 3.75. The fourth-order valence-corrected chi connectivity index (χ4v) is 1.07. The zero-order chi connectivity index (χ0) is 10.0. The van der Waals surface area contributed by atoms with Crippen LogP contribution in [0, 0.1) is 18.6 Å². The van der Waals surface area contributed by atoms with Crippen molar-refractivity contribution in [2.24, 2.45) is 5.73 Å². The highest BCUT2D eigenvalue weighted by atomic mass is 19.1. The van der Waals surface area contributed by atoms with E-state index in [4.69, 9.17) is 5.73 Å². The summed E-state index contributed by atoms with van der Waals surface area (Å²) < 4.78 is 26.1. The Hall–Kier alpha value is -1.29. The molecule has 0 saturated heterocycles. The Bertz CT molecular complexity index is 326. The maximum atomic E-state index is 13.0. The first kappa shape index (κ1) is 9.80. The van der Waals surface area contributed by atoms with Crippen LogP contribution < -0.4 is 5.73 Å². The van der Waals surface area contributed by atoms with E-state index in [-0.39, 0.29) is 0 Å². The van der Waals surface area contributed by atoms with Crippen LogP contribution >= 0.6 is 0 Å². The molecule has 0 radical (unpaired) electrons. The van der Waals surface area contributed by atoms with Crippen LogP contribution in [0.4, 0.5) is 8.78 Å². The van der Waals surface area contributed by atoms with Crippen molar-refractivity contribution >= 4 is 5.78 Å². The maximum Gasteiger partial charge on any atom is 0.182 e. The second-order valence-corrected chi connectivity index (χ2v) is 2.73. The molecule has 1 aromatic rings. The Morgan fingerprint density at radius 2 is 1.85 bits per heavy atom. The molecule has 13 heavy (non-hydrogen) atoms. The van der Waals surface area contributed by atoms with Gasteiger partial charge in [-0.1, -0.05) is 0 Å². The summed E-state index contributed by atoms with van der Waals surface area (Å²) in [6, 6.07) is 2.21. The first-order valence-electron chi connectivity index (χ1n) is 3.75. The molecule has 2 N–H and O–H groups in total. The zero-order valence-electron chi connectivity index (χ0n) is 7.10. The van der Waals surface area contributed by atoms with E-state index in [0.29, 0.717) is 5.56 Å². The Balaban J connectivity index is 3.28. The first-order chi connectivity index (χ1) is 6.06. The molecule has 0 aliphatic heterocycles. The van der Waals surface area contributed by atoms with Crippen molar-refractivity contribution in [2.45, 2.75) is 6.92 Å². The third-order valence-corrected chi connectivity index (χ3v) is 1.65. The molecular formula is C9H9F2NO. The number of benzene rings is 1. The number of ketones is 1. The molecule has 0 atom stereocenters. The lowest BCUT2D eigenvalue weighted by Crippen LogP contribution is -2.17. The van der Waals surface area contributed by atoms with Gasteiger partial charge >= 0.3 is 0 Å². The largest absolute Gasteiger partial charge is 0.324 e. The van der Waals surface area contributed by atoms with E-state index < -0.39 is 29.5 Å². The van der Waals surface area contributed by atoms with Crippen LogP contribution in [0.25, 0.3) is 0 Å². The van der Waals surface area contributed by atoms with Gasteiger partial charge in [-0.25, -0.2) is 8.78 Å². The van der Waals surface area contributed by atoms with E-state index >= 15 is 0 Å². The minimum absolute atomic E-state index is 0.392. The molecule has 0 heterocycles. The van der Waals surface area contributed by atoms with E-state index in [1.807, 2.05) is 0 Å². The van der Waals surface area contributed by atoms with Gasteiger partial charge in [0.25, 0.3) is 0 Å². The van der Waals surface area contributed by atoms with Gasteiger partial charge in [0.1, 0.15) is 11.6 Å². The summed E-state index contributed by atoms with van der Waals surface area (Å²) in [5.74, 6) is -2.43. The summed E-state index contributed by atoms with van der Waals surface area (Å²) in [5.41, 5.74) is 4.88. The van der Waals surface area contributed by atoms with E-state index in [9.17, 15) is 13.6 Å². The number of carbonyl (C=O) groups is 1. The molecule has 0 fully saturated rings. The SMILES string of the molecule is Cc1cc(F)c(C(=O)CN)c(F)c1. The number of Topliss-reactive ketones (excluding diaryl/α,β-unsaturated/α-hetero) is 1. The molecule has 70 valence electrons. The van der Waals surface area contributed by atoms with Gasteiger partial charge in [0.2, 0.25) is 0 Å². The van der Waals surface area contributed by atoms with Gasteiger partial charge in [0.05, 0.1) is 12.1 Å². The van der Waals surface area contributed by atoms with Crippen LogP contribution in [0.3, 0.4) is 0 Å². The van der Waals surface area contributed by atoms with E-state index in [2.05, 4.69) is 0 Å². The summed E-state index contributed by atoms with van der Waals surface area (Å²) in [6.07, 6.45) is 0. The molecule has 0 aliphatic carbocycles. The molecule has 0 bridgehead atoms. The fourth-order valence-electron chi connectivity index (χ4n) is 1.07. The Morgan fingerprint density at radius 1 is 1.38 bits per heavy atom. The van der Waals surface area contributed by atoms with Gasteiger partial charge in [-0.15, -0.1) is 0 Å². The molecule has 4 heteroatoms. The standard InChI is InChI=1S/C9H9F2NO/c1-5-2-6(10)9(7(11)3-5)8(13)4-12/h2-3H,4,12H2,1H3. The predicted octanol–water partition coefficient (Wildman–Crippen LogP) is 1.41. The van der Waals surface area contributed by atoms with Gasteiger partial charge in [0, 0.05) is 0 Å². The molecule has 0 saturated carbocycles. The van der Waals surface area contributed by atoms with Crippen LogP contribution in [-0.2, 0) is 0 Å². The lowest BCUT2D eigenvalue weighted by atomic mass is 10.1. The predicted molar refractivity (Wildman–Crippen MR) is 44.5 cm³/mol. The van der Waals surface area contributed by atoms with Crippen molar-refractivity contribution in [1.29, 1.82) is 0 Å². The summed E-state index contributed by atoms with van der Waals surface area (Å²) in [6.45, 7) is 1.15. The van der Waals surface area contributed by atoms with E-state index in [1.165, 1.54) is 0 Å². The van der Waals surface area contributed by atoms with Gasteiger partial charge in [-0.05, 0) is 24.6 Å². The second kappa shape index (κ2) is 3.62. The number of halogens is 2. The molecule has 2 nitrogen and oxygen atoms in total. The molecule has 1 aromatic carbocycles. The second-order valence-electron chi connectivity index (χ2n) is 2.73. The Kier molecular flexibility index (Phi) is 2.72. The Labute approximate surface area is 74.4 Å². The van der Waals surface area contributed by atoms with Crippen LogP contribution in [-0.4, -0.2) is 12.3 Å². The van der Waals surface area contributed by atoms with Crippen LogP contribution in [0.5, 0.6) is 0 Å². The Morgan fingerprint density at radius 3 is 2.23 bits per heavy atom. The lowest BCUT2D eigenvalue weighted by molar-refractivity contribution is 0.0993. The molecule has 0 amide bonds. The summed E-state index contributed by atoms with van der Waals surface area (Å²) in [7, 11) is 0. The number of nitrogens with two attached hydrogens (primary N) is 1. The minimum atomic E-state index is -0.854. The number of aryl methyl sites for hydroxylation is 1. The van der Waals surface area contributed by atoms with Gasteiger partial charge in [-0.2, -0.15) is 0 Å². The van der Waals surface area contributed by atoms with Gasteiger partial charge in [0.15, 0.2) is 5.78 Å². The third-order valence-electron chi connectivity index (χ3n) is 1.65. The number of rotatable bonds is 2. The third kappa shape index (κ3) is 1.89. The highest BCUT2D eigenvalue weighted by molar-refractivity contribution is 5.98. The van der Waals surface area contributed by atoms with Crippen molar-refractivity contribution in [3.63, 3.8) is 0 Å². The van der Waals surface area contributed by atoms with Crippen molar-refractivity contribution in [3.05, 3.63) is 34.9 Å². The summed E-state index contributed by atoms with van der Waals surface area (Å²) in [5, 5.41) is 0. The van der Waals surface area contributed by atoms with Crippen molar-refractivity contribution in [3.8, 4) is 0 Å². The van der Waals surface area contributed by atoms with Gasteiger partial charge in [-0.3, -0.25) is 4.79 Å². The smallest absolute Gasteiger partial charge is 0.182 e. The number of hydrogen-bond acceptors (Lipinski definition) is 2. The molecule has 0 unspecified atom stereocenters. The molecule has 0 spiro atoms. The topological polar surface area (TPSA) is 43.1 Å². The van der Waals surface area contributed by atoms with Crippen LogP contribution in [0.1, 0.15) is 15.9 Å². The maximum absolute atomic E-state index is 13.0. The van der Waals surface area contributed by atoms with Crippen molar-refractivity contribution < 1.29 is 13.6 Å². The zero-order valence-corrected chi connectivity index (χ0v) is 7.10. The summed E-state index contributed by atoms with van der Waals surface area (Å²) in [4.78, 5) is 11.0. The minimum Gasteiger partial charge on any atom is -0.324 e. The molecule has 1 rings (SSSR count). The molecular weight excluding hydrogens is 176 g/mol. The molecule has 0 aliphatic rings. The summed E-state index contributed by atoms with van der Waals surface area (Å²) >= 11 is 0. The van der Waals surface area contributed by atoms with Gasteiger partial charge < -0.3 is 5.73 Å². The molecule has 0 aromatic heterocycles. The monoisotopic (exact) mass is 185 g/mol. The fraction of sp³-hybridized carbons (Fsp3) is 0.222. The number of hydrogen-bond donors (Lipinski definition) is 1. The quantitative estimate of drug-likeness (QED) is 0.708. The average Bonchev–Trinajstić information content (AvgIpc) is 2.02. The van der Waals surface area contributed by atoms with E-state index in [0.717, 1.165) is 12.1 Å². The normalized spacial score (nSPS) is 10.2. The lowest BCUT2D eigenvalue weighted by Gasteiger charge is -2.03. The van der Waals surface area contributed by atoms with Crippen molar-refractivity contribution in [1.82, 2.24) is 0 Å². The highest BCUT2D eigenvalue weighted by Crippen LogP contribution is 2.15. The number of carbonyl (C=O) groups excluding carboxylic acids is 1. The van der Waals surface area contributed by atoms with Crippen molar-refractivity contribution in [2.75, 3.05) is 6.54 Å².